The van der Waals surface area contributed by atoms with Gasteiger partial charge in [-0.2, -0.15) is 0 Å². The van der Waals surface area contributed by atoms with Crippen LogP contribution in [0.1, 0.15) is 13.3 Å². The Hall–Kier alpha value is -1.16. The van der Waals surface area contributed by atoms with Crippen LogP contribution < -0.4 is 5.32 Å². The molecule has 2 N–H and O–H groups in total. The number of Topliss-reactive ketones (excluding diaryl/α,β-unsaturated/α-hetero) is 1. The molecule has 1 atom stereocenters. The van der Waals surface area contributed by atoms with Crippen LogP contribution in [0, 0.1) is 0 Å². The molecule has 68 valence electrons. The molecule has 0 fully saturated rings. The summed E-state index contributed by atoms with van der Waals surface area (Å²) in [5.74, 6) is -1.15. The topological polar surface area (TPSA) is 66.4 Å². The van der Waals surface area contributed by atoms with Gasteiger partial charge in [-0.1, -0.05) is 6.08 Å². The summed E-state index contributed by atoms with van der Waals surface area (Å²) in [6.07, 6.45) is 1.40. The van der Waals surface area contributed by atoms with E-state index in [2.05, 4.69) is 11.9 Å². The smallest absolute Gasteiger partial charge is 0.305 e. The van der Waals surface area contributed by atoms with Crippen LogP contribution in [-0.2, 0) is 9.59 Å². The molecule has 0 rings (SSSR count). The van der Waals surface area contributed by atoms with Crippen LogP contribution in [0.4, 0.5) is 0 Å². The minimum atomic E-state index is -0.980. The van der Waals surface area contributed by atoms with Crippen molar-refractivity contribution in [3.63, 3.8) is 0 Å². The Bertz CT molecular complexity index is 189. The van der Waals surface area contributed by atoms with Crippen molar-refractivity contribution in [3.8, 4) is 0 Å². The molecule has 0 spiro atoms. The van der Waals surface area contributed by atoms with Gasteiger partial charge in [0.2, 0.25) is 0 Å². The van der Waals surface area contributed by atoms with Crippen LogP contribution in [0.5, 0.6) is 0 Å². The van der Waals surface area contributed by atoms with E-state index in [1.165, 1.54) is 6.92 Å². The molecular weight excluding hydrogens is 158 g/mol. The van der Waals surface area contributed by atoms with Crippen molar-refractivity contribution in [1.82, 2.24) is 5.32 Å². The van der Waals surface area contributed by atoms with Crippen LogP contribution in [0.15, 0.2) is 12.7 Å². The molecule has 4 heteroatoms. The van der Waals surface area contributed by atoms with Gasteiger partial charge < -0.3 is 10.4 Å². The maximum Gasteiger partial charge on any atom is 0.305 e. The van der Waals surface area contributed by atoms with Gasteiger partial charge in [0.15, 0.2) is 0 Å². The van der Waals surface area contributed by atoms with Crippen LogP contribution in [0.25, 0.3) is 0 Å². The minimum Gasteiger partial charge on any atom is -0.481 e. The maximum atomic E-state index is 10.8. The van der Waals surface area contributed by atoms with Crippen molar-refractivity contribution < 1.29 is 14.7 Å². The Morgan fingerprint density at radius 2 is 2.25 bits per heavy atom. The Balaban J connectivity index is 3.94. The van der Waals surface area contributed by atoms with Crippen molar-refractivity contribution in [2.24, 2.45) is 0 Å². The lowest BCUT2D eigenvalue weighted by atomic mass is 10.1. The number of aliphatic carboxylic acids is 1. The van der Waals surface area contributed by atoms with E-state index in [0.29, 0.717) is 6.54 Å². The average Bonchev–Trinajstić information content (AvgIpc) is 1.96. The molecule has 12 heavy (non-hydrogen) atoms. The summed E-state index contributed by atoms with van der Waals surface area (Å²) >= 11 is 0. The number of ketones is 1. The van der Waals surface area contributed by atoms with Crippen LogP contribution in [0.2, 0.25) is 0 Å². The van der Waals surface area contributed by atoms with E-state index in [9.17, 15) is 9.59 Å². The summed E-state index contributed by atoms with van der Waals surface area (Å²) < 4.78 is 0. The zero-order valence-corrected chi connectivity index (χ0v) is 7.04. The number of carboxylic acid groups (broad SMARTS) is 1. The summed E-state index contributed by atoms with van der Waals surface area (Å²) in [6.45, 7) is 5.26. The summed E-state index contributed by atoms with van der Waals surface area (Å²) in [4.78, 5) is 21.1. The van der Waals surface area contributed by atoms with Crippen LogP contribution in [0.3, 0.4) is 0 Å². The molecule has 0 saturated heterocycles. The highest BCUT2D eigenvalue weighted by Crippen LogP contribution is 1.93. The van der Waals surface area contributed by atoms with E-state index in [1.807, 2.05) is 0 Å². The third-order valence-corrected chi connectivity index (χ3v) is 1.38. The van der Waals surface area contributed by atoms with Gasteiger partial charge in [-0.3, -0.25) is 9.59 Å². The van der Waals surface area contributed by atoms with Crippen molar-refractivity contribution >= 4 is 11.8 Å². The molecule has 0 aliphatic rings. The first-order valence-corrected chi connectivity index (χ1v) is 3.64. The van der Waals surface area contributed by atoms with Crippen molar-refractivity contribution in [1.29, 1.82) is 0 Å². The van der Waals surface area contributed by atoms with Crippen molar-refractivity contribution in [3.05, 3.63) is 12.7 Å². The van der Waals surface area contributed by atoms with Crippen molar-refractivity contribution in [2.45, 2.75) is 19.4 Å². The van der Waals surface area contributed by atoms with Gasteiger partial charge in [0, 0.05) is 6.54 Å². The number of carboxylic acids is 1. The highest BCUT2D eigenvalue weighted by molar-refractivity contribution is 5.85. The molecule has 0 bridgehead atoms. The fraction of sp³-hybridized carbons (Fsp3) is 0.500. The largest absolute Gasteiger partial charge is 0.481 e. The van der Waals surface area contributed by atoms with Gasteiger partial charge in [-0.15, -0.1) is 6.58 Å². The van der Waals surface area contributed by atoms with Gasteiger partial charge in [0.05, 0.1) is 12.5 Å². The molecular formula is C8H13NO3. The zero-order chi connectivity index (χ0) is 9.56. The second-order valence-corrected chi connectivity index (χ2v) is 2.46. The van der Waals surface area contributed by atoms with Gasteiger partial charge in [0.25, 0.3) is 0 Å². The molecule has 0 aromatic heterocycles. The third-order valence-electron chi connectivity index (χ3n) is 1.38. The first kappa shape index (κ1) is 10.8. The predicted octanol–water partition coefficient (Wildman–Crippen LogP) is 0.194. The van der Waals surface area contributed by atoms with Crippen LogP contribution in [-0.4, -0.2) is 29.4 Å². The summed E-state index contributed by atoms with van der Waals surface area (Å²) in [5.41, 5.74) is 0. The molecule has 0 aliphatic heterocycles. The quantitative estimate of drug-likeness (QED) is 0.560. The second-order valence-electron chi connectivity index (χ2n) is 2.46. The Labute approximate surface area is 71.3 Å². The third kappa shape index (κ3) is 4.62. The summed E-state index contributed by atoms with van der Waals surface area (Å²) in [7, 11) is 0. The first-order valence-electron chi connectivity index (χ1n) is 3.64. The summed E-state index contributed by atoms with van der Waals surface area (Å²) in [5, 5.41) is 11.2. The minimum absolute atomic E-state index is 0.167. The number of carbonyl (C=O) groups excluding carboxylic acids is 1. The molecule has 0 aliphatic carbocycles. The molecule has 0 heterocycles. The van der Waals surface area contributed by atoms with E-state index >= 15 is 0 Å². The SMILES string of the molecule is C=CCNC(CC(=O)O)C(C)=O. The van der Waals surface area contributed by atoms with Gasteiger partial charge >= 0.3 is 5.97 Å². The fourth-order valence-corrected chi connectivity index (χ4v) is 0.760. The normalized spacial score (nSPS) is 12.1. The molecule has 4 nitrogen and oxygen atoms in total. The Kier molecular flexibility index (Phi) is 4.96. The van der Waals surface area contributed by atoms with E-state index in [4.69, 9.17) is 5.11 Å². The van der Waals surface area contributed by atoms with E-state index in [-0.39, 0.29) is 12.2 Å². The molecule has 1 unspecified atom stereocenters. The molecule has 0 saturated carbocycles. The molecule has 0 aromatic carbocycles. The standard InChI is InChI=1S/C8H13NO3/c1-3-4-9-7(6(2)10)5-8(11)12/h3,7,9H,1,4-5H2,2H3,(H,11,12). The molecule has 0 aromatic rings. The van der Waals surface area contributed by atoms with Gasteiger partial charge in [-0.05, 0) is 6.92 Å². The molecule has 0 radical (unpaired) electrons. The van der Waals surface area contributed by atoms with E-state index in [1.54, 1.807) is 6.08 Å². The lowest BCUT2D eigenvalue weighted by Gasteiger charge is -2.11. The highest BCUT2D eigenvalue weighted by atomic mass is 16.4. The average molecular weight is 171 g/mol. The zero-order valence-electron chi connectivity index (χ0n) is 7.04. The number of hydrogen-bond donors (Lipinski definition) is 2. The summed E-state index contributed by atoms with van der Waals surface area (Å²) in [6, 6.07) is -0.597. The Morgan fingerprint density at radius 3 is 2.58 bits per heavy atom. The van der Waals surface area contributed by atoms with E-state index in [0.717, 1.165) is 0 Å². The Morgan fingerprint density at radius 1 is 1.67 bits per heavy atom. The van der Waals surface area contributed by atoms with Crippen LogP contribution >= 0.6 is 0 Å². The lowest BCUT2D eigenvalue weighted by Crippen LogP contribution is -2.37. The number of carbonyl (C=O) groups is 2. The number of hydrogen-bond acceptors (Lipinski definition) is 3. The lowest BCUT2D eigenvalue weighted by molar-refractivity contribution is -0.139. The maximum absolute atomic E-state index is 10.8. The van der Waals surface area contributed by atoms with Gasteiger partial charge in [-0.25, -0.2) is 0 Å². The van der Waals surface area contributed by atoms with Crippen molar-refractivity contribution in [2.75, 3.05) is 6.54 Å². The van der Waals surface area contributed by atoms with E-state index < -0.39 is 12.0 Å². The number of rotatable bonds is 6. The molecule has 0 amide bonds. The second kappa shape index (κ2) is 5.49. The first-order chi connectivity index (χ1) is 5.57. The highest BCUT2D eigenvalue weighted by Gasteiger charge is 2.15. The fourth-order valence-electron chi connectivity index (χ4n) is 0.760. The van der Waals surface area contributed by atoms with Gasteiger partial charge in [0.1, 0.15) is 5.78 Å². The monoisotopic (exact) mass is 171 g/mol. The predicted molar refractivity (Wildman–Crippen MR) is 44.9 cm³/mol. The number of nitrogens with one attached hydrogen (secondary N) is 1.